The van der Waals surface area contributed by atoms with Crippen molar-refractivity contribution in [2.75, 3.05) is 0 Å². The van der Waals surface area contributed by atoms with E-state index in [2.05, 4.69) is 11.8 Å². The predicted molar refractivity (Wildman–Crippen MR) is 76.2 cm³/mol. The molecule has 0 aromatic carbocycles. The number of alkyl halides is 2. The third-order valence-electron chi connectivity index (χ3n) is 1.14. The van der Waals surface area contributed by atoms with E-state index >= 15 is 0 Å². The standard InChI is InChI=1S/C8H2Cl8/c9-3(5(11)7(13)14)1-2-4(10)6(12)8(15)16/h3-4H/t3-,4+. The Hall–Kier alpha value is 1.36. The predicted octanol–water partition coefficient (Wildman–Crippen LogP) is 5.98. The van der Waals surface area contributed by atoms with Gasteiger partial charge in [0.2, 0.25) is 0 Å². The molecule has 0 nitrogen and oxygen atoms in total. The number of allylic oxidation sites excluding steroid dienone is 2. The fourth-order valence-electron chi connectivity index (χ4n) is 0.465. The molecule has 0 unspecified atom stereocenters. The van der Waals surface area contributed by atoms with Crippen molar-refractivity contribution in [3.05, 3.63) is 19.0 Å². The molecule has 0 radical (unpaired) electrons. The van der Waals surface area contributed by atoms with Crippen molar-refractivity contribution in [3.63, 3.8) is 0 Å². The summed E-state index contributed by atoms with van der Waals surface area (Å²) < 4.78 is -0.335. The maximum atomic E-state index is 5.74. The molecule has 0 spiro atoms. The molecule has 0 saturated carbocycles. The van der Waals surface area contributed by atoms with Crippen LogP contribution in [-0.4, -0.2) is 10.8 Å². The van der Waals surface area contributed by atoms with Crippen LogP contribution in [0.4, 0.5) is 0 Å². The van der Waals surface area contributed by atoms with Crippen LogP contribution in [0.25, 0.3) is 0 Å². The lowest BCUT2D eigenvalue weighted by Gasteiger charge is -2.01. The maximum absolute atomic E-state index is 5.74. The highest BCUT2D eigenvalue weighted by molar-refractivity contribution is 6.61. The molecule has 0 aliphatic carbocycles. The van der Waals surface area contributed by atoms with Crippen LogP contribution in [0.15, 0.2) is 19.0 Å². The average molecular weight is 382 g/mol. The second kappa shape index (κ2) is 8.46. The lowest BCUT2D eigenvalue weighted by Crippen LogP contribution is -1.99. The van der Waals surface area contributed by atoms with E-state index in [4.69, 9.17) is 92.8 Å². The van der Waals surface area contributed by atoms with Gasteiger partial charge in [-0.3, -0.25) is 0 Å². The second-order valence-electron chi connectivity index (χ2n) is 2.23. The van der Waals surface area contributed by atoms with Crippen molar-refractivity contribution < 1.29 is 0 Å². The highest BCUT2D eigenvalue weighted by atomic mass is 35.5. The van der Waals surface area contributed by atoms with Gasteiger partial charge in [0.1, 0.15) is 19.7 Å². The van der Waals surface area contributed by atoms with Gasteiger partial charge in [0, 0.05) is 0 Å². The number of hydrogen-bond donors (Lipinski definition) is 0. The van der Waals surface area contributed by atoms with Gasteiger partial charge >= 0.3 is 0 Å². The Morgan fingerprint density at radius 3 is 1.06 bits per heavy atom. The van der Waals surface area contributed by atoms with E-state index in [9.17, 15) is 0 Å². The van der Waals surface area contributed by atoms with Crippen LogP contribution in [-0.2, 0) is 0 Å². The third-order valence-corrected chi connectivity index (χ3v) is 4.04. The Morgan fingerprint density at radius 1 is 0.625 bits per heavy atom. The second-order valence-corrected chi connectivity index (χ2v) is 5.82. The SMILES string of the molecule is ClC(Cl)=C(Cl)[C@H](Cl)C#C[C@H](Cl)C(Cl)=C(Cl)Cl. The van der Waals surface area contributed by atoms with E-state index in [-0.39, 0.29) is 19.0 Å². The molecule has 8 heteroatoms. The minimum absolute atomic E-state index is 0.00145. The topological polar surface area (TPSA) is 0 Å². The third kappa shape index (κ3) is 6.34. The monoisotopic (exact) mass is 378 g/mol. The van der Waals surface area contributed by atoms with Gasteiger partial charge in [0.15, 0.2) is 0 Å². The van der Waals surface area contributed by atoms with Crippen molar-refractivity contribution in [1.82, 2.24) is 0 Å². The quantitative estimate of drug-likeness (QED) is 0.408. The molecule has 0 aromatic heterocycles. The molecule has 0 aromatic rings. The van der Waals surface area contributed by atoms with E-state index in [0.717, 1.165) is 0 Å². The summed E-state index contributed by atoms with van der Waals surface area (Å²) in [6.07, 6.45) is 0. The normalized spacial score (nSPS) is 13.2. The molecule has 0 aliphatic heterocycles. The number of halogens is 8. The summed E-state index contributed by atoms with van der Waals surface area (Å²) in [5.74, 6) is 4.98. The molecule has 0 saturated heterocycles. The first-order valence-electron chi connectivity index (χ1n) is 3.48. The zero-order chi connectivity index (χ0) is 12.9. The van der Waals surface area contributed by atoms with Crippen LogP contribution in [0.2, 0.25) is 0 Å². The zero-order valence-corrected chi connectivity index (χ0v) is 13.2. The molecule has 0 rings (SSSR count). The van der Waals surface area contributed by atoms with Crippen molar-refractivity contribution in [1.29, 1.82) is 0 Å². The maximum Gasteiger partial charge on any atom is 0.132 e. The smallest absolute Gasteiger partial charge is 0.102 e. The zero-order valence-electron chi connectivity index (χ0n) is 7.18. The van der Waals surface area contributed by atoms with Crippen LogP contribution in [0, 0.1) is 11.8 Å². The van der Waals surface area contributed by atoms with Gasteiger partial charge in [-0.2, -0.15) is 0 Å². The van der Waals surface area contributed by atoms with Gasteiger partial charge in [-0.25, -0.2) is 0 Å². The molecular weight excluding hydrogens is 380 g/mol. The summed E-state index contributed by atoms with van der Waals surface area (Å²) >= 11 is 44.3. The molecule has 0 N–H and O–H groups in total. The van der Waals surface area contributed by atoms with Crippen LogP contribution in [0.5, 0.6) is 0 Å². The van der Waals surface area contributed by atoms with Crippen molar-refractivity contribution in [2.45, 2.75) is 10.8 Å². The summed E-state index contributed by atoms with van der Waals surface area (Å²) in [7, 11) is 0. The minimum Gasteiger partial charge on any atom is -0.102 e. The van der Waals surface area contributed by atoms with Crippen molar-refractivity contribution in [3.8, 4) is 11.8 Å². The van der Waals surface area contributed by atoms with E-state index in [0.29, 0.717) is 0 Å². The lowest BCUT2D eigenvalue weighted by atomic mass is 10.3. The summed E-state index contributed by atoms with van der Waals surface area (Å²) in [4.78, 5) is 0. The first-order valence-corrected chi connectivity index (χ1v) is 6.62. The molecule has 0 bridgehead atoms. The highest BCUT2D eigenvalue weighted by Crippen LogP contribution is 2.26. The Kier molecular flexibility index (Phi) is 9.18. The first kappa shape index (κ1) is 17.4. The van der Waals surface area contributed by atoms with Gasteiger partial charge in [0.25, 0.3) is 0 Å². The average Bonchev–Trinajstić information content (AvgIpc) is 2.22. The van der Waals surface area contributed by atoms with Gasteiger partial charge in [0.05, 0.1) is 10.1 Å². The van der Waals surface area contributed by atoms with Crippen LogP contribution in [0.3, 0.4) is 0 Å². The fourth-order valence-corrected chi connectivity index (χ4v) is 1.58. The van der Waals surface area contributed by atoms with Gasteiger partial charge in [-0.1, -0.05) is 81.4 Å². The molecule has 0 amide bonds. The molecule has 0 aliphatic rings. The van der Waals surface area contributed by atoms with Crippen molar-refractivity contribution in [2.24, 2.45) is 0 Å². The molecular formula is C8H2Cl8. The highest BCUT2D eigenvalue weighted by Gasteiger charge is 2.12. The van der Waals surface area contributed by atoms with E-state index in [1.54, 1.807) is 0 Å². The summed E-state index contributed by atoms with van der Waals surface area (Å²) in [5.41, 5.74) is 0. The van der Waals surface area contributed by atoms with E-state index < -0.39 is 10.8 Å². The van der Waals surface area contributed by atoms with Crippen LogP contribution < -0.4 is 0 Å². The van der Waals surface area contributed by atoms with Crippen molar-refractivity contribution >= 4 is 92.8 Å². The molecule has 0 heterocycles. The Morgan fingerprint density at radius 2 is 0.875 bits per heavy atom. The van der Waals surface area contributed by atoms with Crippen LogP contribution in [0.1, 0.15) is 0 Å². The lowest BCUT2D eigenvalue weighted by molar-refractivity contribution is 1.38. The minimum atomic E-state index is -0.883. The fraction of sp³-hybridized carbons (Fsp3) is 0.250. The number of rotatable bonds is 2. The Balaban J connectivity index is 4.78. The summed E-state index contributed by atoms with van der Waals surface area (Å²) in [6, 6.07) is 0. The van der Waals surface area contributed by atoms with Gasteiger partial charge in [-0.05, 0) is 0 Å². The number of hydrogen-bond acceptors (Lipinski definition) is 0. The summed E-state index contributed by atoms with van der Waals surface area (Å²) in [6.45, 7) is 0. The molecule has 16 heavy (non-hydrogen) atoms. The summed E-state index contributed by atoms with van der Waals surface area (Å²) in [5, 5.41) is -1.77. The molecule has 2 atom stereocenters. The van der Waals surface area contributed by atoms with Gasteiger partial charge < -0.3 is 0 Å². The molecule has 90 valence electrons. The van der Waals surface area contributed by atoms with E-state index in [1.807, 2.05) is 0 Å². The Bertz CT molecular complexity index is 329. The molecule has 0 fully saturated rings. The largest absolute Gasteiger partial charge is 0.132 e. The first-order chi connectivity index (χ1) is 7.27. The van der Waals surface area contributed by atoms with Gasteiger partial charge in [-0.15, -0.1) is 23.2 Å². The van der Waals surface area contributed by atoms with E-state index in [1.165, 1.54) is 0 Å². The van der Waals surface area contributed by atoms with Crippen LogP contribution >= 0.6 is 92.8 Å². The Labute approximate surface area is 133 Å².